The Balaban J connectivity index is 0.00000312. The fourth-order valence-corrected chi connectivity index (χ4v) is 2.65. The Kier molecular flexibility index (Phi) is 7.25. The number of methoxy groups -OCH3 is 3. The molecule has 0 aliphatic carbocycles. The molecule has 1 amide bonds. The van der Waals surface area contributed by atoms with Gasteiger partial charge in [-0.2, -0.15) is 0 Å². The Morgan fingerprint density at radius 1 is 1.24 bits per heavy atom. The van der Waals surface area contributed by atoms with Gasteiger partial charge >= 0.3 is 0 Å². The molecule has 2 unspecified atom stereocenters. The number of nitrogens with one attached hydrogen (secondary N) is 2. The van der Waals surface area contributed by atoms with Crippen LogP contribution >= 0.6 is 12.4 Å². The van der Waals surface area contributed by atoms with Gasteiger partial charge in [-0.25, -0.2) is 8.78 Å². The lowest BCUT2D eigenvalue weighted by atomic mass is 10.1. The lowest BCUT2D eigenvalue weighted by Gasteiger charge is -2.20. The van der Waals surface area contributed by atoms with E-state index in [0.717, 1.165) is 0 Å². The van der Waals surface area contributed by atoms with E-state index >= 15 is 0 Å². The highest BCUT2D eigenvalue weighted by molar-refractivity contribution is 5.85. The highest BCUT2D eigenvalue weighted by Gasteiger charge is 2.42. The van der Waals surface area contributed by atoms with Crippen molar-refractivity contribution in [2.45, 2.75) is 31.4 Å². The molecule has 0 radical (unpaired) electrons. The van der Waals surface area contributed by atoms with E-state index in [9.17, 15) is 13.6 Å². The number of rotatable bonds is 6. The molecule has 9 heteroatoms. The van der Waals surface area contributed by atoms with Crippen molar-refractivity contribution >= 4 is 18.3 Å². The Labute approximate surface area is 151 Å². The van der Waals surface area contributed by atoms with Crippen LogP contribution in [0.15, 0.2) is 12.1 Å². The number of benzene rings is 1. The molecule has 1 aromatic carbocycles. The molecule has 25 heavy (non-hydrogen) atoms. The third kappa shape index (κ3) is 4.85. The first-order valence-electron chi connectivity index (χ1n) is 7.52. The predicted molar refractivity (Wildman–Crippen MR) is 91.3 cm³/mol. The Bertz CT molecular complexity index is 591. The van der Waals surface area contributed by atoms with Crippen LogP contribution in [0.2, 0.25) is 0 Å². The average Bonchev–Trinajstić information content (AvgIpc) is 2.93. The van der Waals surface area contributed by atoms with Crippen molar-refractivity contribution in [1.82, 2.24) is 10.6 Å². The first-order chi connectivity index (χ1) is 11.3. The van der Waals surface area contributed by atoms with Crippen LogP contribution in [0.1, 0.15) is 24.9 Å². The second-order valence-corrected chi connectivity index (χ2v) is 5.68. The number of carbonyl (C=O) groups is 1. The number of halogens is 3. The van der Waals surface area contributed by atoms with Gasteiger partial charge in [0, 0.05) is 6.42 Å². The molecule has 1 aliphatic rings. The van der Waals surface area contributed by atoms with E-state index in [0.29, 0.717) is 22.8 Å². The van der Waals surface area contributed by atoms with Gasteiger partial charge in [0.15, 0.2) is 11.5 Å². The molecule has 2 N–H and O–H groups in total. The van der Waals surface area contributed by atoms with Gasteiger partial charge in [0.05, 0.1) is 40.0 Å². The smallest absolute Gasteiger partial charge is 0.262 e. The Hall–Kier alpha value is -1.80. The van der Waals surface area contributed by atoms with Gasteiger partial charge in [-0.3, -0.25) is 10.1 Å². The topological polar surface area (TPSA) is 68.8 Å². The van der Waals surface area contributed by atoms with Crippen molar-refractivity contribution in [3.63, 3.8) is 0 Å². The van der Waals surface area contributed by atoms with E-state index in [2.05, 4.69) is 10.6 Å². The van der Waals surface area contributed by atoms with Gasteiger partial charge in [-0.15, -0.1) is 12.4 Å². The molecule has 1 aliphatic heterocycles. The van der Waals surface area contributed by atoms with E-state index in [-0.39, 0.29) is 12.4 Å². The molecule has 1 heterocycles. The van der Waals surface area contributed by atoms with Crippen molar-refractivity contribution in [2.75, 3.05) is 27.9 Å². The SMILES string of the molecule is COc1cc(C(C)NC(=O)C2CC(F)(F)CN2)cc(OC)c1OC.Cl. The van der Waals surface area contributed by atoms with Crippen LogP contribution in [-0.4, -0.2) is 45.7 Å². The first kappa shape index (κ1) is 21.2. The van der Waals surface area contributed by atoms with Crippen molar-refractivity contribution in [2.24, 2.45) is 0 Å². The molecule has 2 rings (SSSR count). The van der Waals surface area contributed by atoms with Gasteiger partial charge in [0.1, 0.15) is 0 Å². The lowest BCUT2D eigenvalue weighted by Crippen LogP contribution is -2.41. The monoisotopic (exact) mass is 380 g/mol. The lowest BCUT2D eigenvalue weighted by molar-refractivity contribution is -0.124. The molecule has 2 atom stereocenters. The average molecular weight is 381 g/mol. The number of ether oxygens (including phenoxy) is 3. The summed E-state index contributed by atoms with van der Waals surface area (Å²) in [5.41, 5.74) is 0.711. The summed E-state index contributed by atoms with van der Waals surface area (Å²) < 4.78 is 42.2. The largest absolute Gasteiger partial charge is 0.493 e. The third-order valence-electron chi connectivity index (χ3n) is 3.97. The first-order valence-corrected chi connectivity index (χ1v) is 7.52. The van der Waals surface area contributed by atoms with Crippen LogP contribution in [0.3, 0.4) is 0 Å². The number of hydrogen-bond donors (Lipinski definition) is 2. The summed E-state index contributed by atoms with van der Waals surface area (Å²) >= 11 is 0. The fourth-order valence-electron chi connectivity index (χ4n) is 2.65. The van der Waals surface area contributed by atoms with E-state index < -0.39 is 36.9 Å². The van der Waals surface area contributed by atoms with Gasteiger partial charge in [-0.05, 0) is 24.6 Å². The Morgan fingerprint density at radius 3 is 2.20 bits per heavy atom. The van der Waals surface area contributed by atoms with Gasteiger partial charge in [0.2, 0.25) is 11.7 Å². The zero-order chi connectivity index (χ0) is 17.9. The Morgan fingerprint density at radius 2 is 1.80 bits per heavy atom. The zero-order valence-corrected chi connectivity index (χ0v) is 15.3. The highest BCUT2D eigenvalue weighted by atomic mass is 35.5. The van der Waals surface area contributed by atoms with Gasteiger partial charge < -0.3 is 19.5 Å². The molecule has 142 valence electrons. The van der Waals surface area contributed by atoms with Crippen molar-refractivity contribution < 1.29 is 27.8 Å². The van der Waals surface area contributed by atoms with Crippen LogP contribution in [0, 0.1) is 0 Å². The molecular formula is C16H23ClF2N2O4. The summed E-state index contributed by atoms with van der Waals surface area (Å²) in [6, 6.07) is 2.11. The van der Waals surface area contributed by atoms with E-state index in [1.54, 1.807) is 19.1 Å². The molecule has 1 saturated heterocycles. The molecular weight excluding hydrogens is 358 g/mol. The normalized spacial score (nSPS) is 19.5. The molecule has 0 saturated carbocycles. The summed E-state index contributed by atoms with van der Waals surface area (Å²) in [6.07, 6.45) is -0.499. The molecule has 0 spiro atoms. The standard InChI is InChI=1S/C16H22F2N2O4.ClH/c1-9(20-15(21)11-7-16(17,18)8-19-11)10-5-12(22-2)14(24-4)13(6-10)23-3;/h5-6,9,11,19H,7-8H2,1-4H3,(H,20,21);1H. The molecule has 0 bridgehead atoms. The van der Waals surface area contributed by atoms with Crippen molar-refractivity contribution in [1.29, 1.82) is 0 Å². The number of hydrogen-bond acceptors (Lipinski definition) is 5. The molecule has 1 fully saturated rings. The highest BCUT2D eigenvalue weighted by Crippen LogP contribution is 2.39. The second-order valence-electron chi connectivity index (χ2n) is 5.68. The number of carbonyl (C=O) groups excluding carboxylic acids is 1. The maximum atomic E-state index is 13.2. The van der Waals surface area contributed by atoms with Crippen LogP contribution in [0.25, 0.3) is 0 Å². The second kappa shape index (κ2) is 8.53. The maximum Gasteiger partial charge on any atom is 0.262 e. The van der Waals surface area contributed by atoms with Gasteiger partial charge in [0.25, 0.3) is 5.92 Å². The van der Waals surface area contributed by atoms with E-state index in [4.69, 9.17) is 14.2 Å². The van der Waals surface area contributed by atoms with Crippen LogP contribution in [0.4, 0.5) is 8.78 Å². The third-order valence-corrected chi connectivity index (χ3v) is 3.97. The number of amides is 1. The van der Waals surface area contributed by atoms with Crippen LogP contribution in [-0.2, 0) is 4.79 Å². The van der Waals surface area contributed by atoms with E-state index in [1.165, 1.54) is 21.3 Å². The number of alkyl halides is 2. The fraction of sp³-hybridized carbons (Fsp3) is 0.562. The minimum atomic E-state index is -2.85. The minimum Gasteiger partial charge on any atom is -0.493 e. The molecule has 0 aromatic heterocycles. The maximum absolute atomic E-state index is 13.2. The van der Waals surface area contributed by atoms with Crippen LogP contribution in [0.5, 0.6) is 17.2 Å². The van der Waals surface area contributed by atoms with Gasteiger partial charge in [-0.1, -0.05) is 0 Å². The summed E-state index contributed by atoms with van der Waals surface area (Å²) in [5, 5.41) is 5.26. The molecule has 6 nitrogen and oxygen atoms in total. The van der Waals surface area contributed by atoms with Crippen molar-refractivity contribution in [3.8, 4) is 17.2 Å². The summed E-state index contributed by atoms with van der Waals surface area (Å²) in [6.45, 7) is 1.27. The van der Waals surface area contributed by atoms with E-state index in [1.807, 2.05) is 0 Å². The zero-order valence-electron chi connectivity index (χ0n) is 14.5. The van der Waals surface area contributed by atoms with Crippen molar-refractivity contribution in [3.05, 3.63) is 17.7 Å². The summed E-state index contributed by atoms with van der Waals surface area (Å²) in [4.78, 5) is 12.2. The summed E-state index contributed by atoms with van der Waals surface area (Å²) in [7, 11) is 4.49. The quantitative estimate of drug-likeness (QED) is 0.792. The van der Waals surface area contributed by atoms with Crippen LogP contribution < -0.4 is 24.8 Å². The molecule has 1 aromatic rings. The summed E-state index contributed by atoms with van der Waals surface area (Å²) in [5.74, 6) is -1.96. The minimum absolute atomic E-state index is 0. The predicted octanol–water partition coefficient (Wildman–Crippen LogP) is 2.31.